The Morgan fingerprint density at radius 2 is 2.41 bits per heavy atom. The number of H-pyrrole nitrogens is 1. The molecule has 5 nitrogen and oxygen atoms in total. The van der Waals surface area contributed by atoms with E-state index in [1.54, 1.807) is 11.8 Å². The number of hydrogen-bond acceptors (Lipinski definition) is 4. The van der Waals surface area contributed by atoms with E-state index in [1.807, 2.05) is 6.26 Å². The Bertz CT molecular complexity index is 449. The number of nitrogens with two attached hydrogens (primary N) is 1. The van der Waals surface area contributed by atoms with Crippen LogP contribution in [0, 0.1) is 0 Å². The van der Waals surface area contributed by atoms with Crippen LogP contribution in [0.2, 0.25) is 0 Å². The average Bonchev–Trinajstić information content (AvgIpc) is 2.30. The van der Waals surface area contributed by atoms with Crippen LogP contribution >= 0.6 is 27.7 Å². The third-order valence-corrected chi connectivity index (χ3v) is 3.20. The molecule has 0 bridgehead atoms. The van der Waals surface area contributed by atoms with Gasteiger partial charge < -0.3 is 16.0 Å². The summed E-state index contributed by atoms with van der Waals surface area (Å²) < 4.78 is 0.685. The van der Waals surface area contributed by atoms with E-state index in [0.29, 0.717) is 10.9 Å². The summed E-state index contributed by atoms with van der Waals surface area (Å²) in [6.07, 6.45) is 4.04. The zero-order valence-electron chi connectivity index (χ0n) is 9.33. The molecule has 94 valence electrons. The number of halogens is 1. The maximum absolute atomic E-state index is 11.7. The summed E-state index contributed by atoms with van der Waals surface area (Å²) in [6, 6.07) is 0.943. The molecule has 0 saturated heterocycles. The fourth-order valence-electron chi connectivity index (χ4n) is 1.15. The van der Waals surface area contributed by atoms with Gasteiger partial charge in [-0.2, -0.15) is 11.8 Å². The predicted octanol–water partition coefficient (Wildman–Crippen LogP) is 1.16. The van der Waals surface area contributed by atoms with Gasteiger partial charge in [0, 0.05) is 10.7 Å². The van der Waals surface area contributed by atoms with Gasteiger partial charge in [-0.3, -0.25) is 9.59 Å². The third-order valence-electron chi connectivity index (χ3n) is 2.10. The Kier molecular flexibility index (Phi) is 5.73. The molecule has 0 aliphatic carbocycles. The van der Waals surface area contributed by atoms with Crippen molar-refractivity contribution in [1.29, 1.82) is 0 Å². The smallest absolute Gasteiger partial charge is 0.271 e. The lowest BCUT2D eigenvalue weighted by atomic mass is 10.2. The molecule has 4 N–H and O–H groups in total. The first-order chi connectivity index (χ1) is 8.04. The van der Waals surface area contributed by atoms with Gasteiger partial charge in [-0.15, -0.1) is 0 Å². The number of hydrogen-bond donors (Lipinski definition) is 3. The molecule has 0 spiro atoms. The van der Waals surface area contributed by atoms with Crippen molar-refractivity contribution < 1.29 is 4.79 Å². The minimum atomic E-state index is -0.596. The van der Waals surface area contributed by atoms with Gasteiger partial charge in [-0.05, 0) is 40.4 Å². The van der Waals surface area contributed by atoms with Gasteiger partial charge in [0.1, 0.15) is 5.69 Å². The van der Waals surface area contributed by atoms with Crippen LogP contribution in [0.5, 0.6) is 0 Å². The third kappa shape index (κ3) is 4.53. The molecule has 1 aromatic heterocycles. The van der Waals surface area contributed by atoms with Gasteiger partial charge in [0.2, 0.25) is 5.91 Å². The van der Waals surface area contributed by atoms with Crippen molar-refractivity contribution in [1.82, 2.24) is 4.98 Å². The number of pyridine rings is 1. The molecule has 0 fully saturated rings. The number of anilines is 1. The van der Waals surface area contributed by atoms with Gasteiger partial charge in [-0.1, -0.05) is 0 Å². The second-order valence-corrected chi connectivity index (χ2v) is 5.34. The van der Waals surface area contributed by atoms with Crippen molar-refractivity contribution in [2.45, 2.75) is 12.5 Å². The highest BCUT2D eigenvalue weighted by molar-refractivity contribution is 9.10. The second-order valence-electron chi connectivity index (χ2n) is 3.44. The number of carbonyl (C=O) groups excluding carboxylic acids is 1. The van der Waals surface area contributed by atoms with Crippen molar-refractivity contribution >= 4 is 39.3 Å². The minimum absolute atomic E-state index is 0.198. The number of rotatable bonds is 5. The molecular formula is C10H14BrN3O2S. The second kappa shape index (κ2) is 6.83. The van der Waals surface area contributed by atoms with Crippen LogP contribution in [0.4, 0.5) is 5.69 Å². The molecule has 1 atom stereocenters. The monoisotopic (exact) mass is 319 g/mol. The Morgan fingerprint density at radius 3 is 3.06 bits per heavy atom. The maximum atomic E-state index is 11.7. The van der Waals surface area contributed by atoms with E-state index >= 15 is 0 Å². The summed E-state index contributed by atoms with van der Waals surface area (Å²) in [5, 5.41) is 2.51. The highest BCUT2D eigenvalue weighted by Crippen LogP contribution is 2.10. The van der Waals surface area contributed by atoms with E-state index in [0.717, 1.165) is 5.75 Å². The Balaban J connectivity index is 2.67. The van der Waals surface area contributed by atoms with E-state index in [1.165, 1.54) is 12.3 Å². The number of aromatic nitrogens is 1. The zero-order chi connectivity index (χ0) is 12.8. The molecule has 0 radical (unpaired) electrons. The number of carbonyl (C=O) groups is 1. The van der Waals surface area contributed by atoms with Gasteiger partial charge in [0.15, 0.2) is 0 Å². The first-order valence-electron chi connectivity index (χ1n) is 4.98. The van der Waals surface area contributed by atoms with Crippen molar-refractivity contribution in [2.24, 2.45) is 5.73 Å². The van der Waals surface area contributed by atoms with Gasteiger partial charge in [-0.25, -0.2) is 0 Å². The molecule has 0 aromatic carbocycles. The molecule has 17 heavy (non-hydrogen) atoms. The molecule has 0 unspecified atom stereocenters. The first-order valence-corrected chi connectivity index (χ1v) is 7.17. The summed E-state index contributed by atoms with van der Waals surface area (Å²) in [7, 11) is 0. The van der Waals surface area contributed by atoms with E-state index in [-0.39, 0.29) is 17.2 Å². The van der Waals surface area contributed by atoms with Crippen LogP contribution in [0.25, 0.3) is 0 Å². The van der Waals surface area contributed by atoms with Crippen LogP contribution in [0.1, 0.15) is 6.42 Å². The highest BCUT2D eigenvalue weighted by atomic mass is 79.9. The van der Waals surface area contributed by atoms with Crippen molar-refractivity contribution in [2.75, 3.05) is 17.3 Å². The quantitative estimate of drug-likeness (QED) is 0.759. The van der Waals surface area contributed by atoms with Crippen LogP contribution in [-0.2, 0) is 4.79 Å². The molecule has 1 rings (SSSR count). The normalized spacial score (nSPS) is 12.2. The lowest BCUT2D eigenvalue weighted by Crippen LogP contribution is -2.37. The van der Waals surface area contributed by atoms with Crippen molar-refractivity contribution in [3.8, 4) is 0 Å². The van der Waals surface area contributed by atoms with Gasteiger partial charge >= 0.3 is 0 Å². The molecule has 0 saturated carbocycles. The van der Waals surface area contributed by atoms with Crippen molar-refractivity contribution in [3.63, 3.8) is 0 Å². The fourth-order valence-corrected chi connectivity index (χ4v) is 1.98. The van der Waals surface area contributed by atoms with E-state index in [9.17, 15) is 9.59 Å². The van der Waals surface area contributed by atoms with Gasteiger partial charge in [0.25, 0.3) is 5.56 Å². The summed E-state index contributed by atoms with van der Waals surface area (Å²) in [6.45, 7) is 0. The molecule has 7 heteroatoms. The van der Waals surface area contributed by atoms with E-state index in [4.69, 9.17) is 5.73 Å². The maximum Gasteiger partial charge on any atom is 0.271 e. The largest absolute Gasteiger partial charge is 0.326 e. The number of amides is 1. The topological polar surface area (TPSA) is 88.0 Å². The van der Waals surface area contributed by atoms with Crippen LogP contribution in [0.3, 0.4) is 0 Å². The Labute approximate surface area is 112 Å². The number of thioether (sulfide) groups is 1. The lowest BCUT2D eigenvalue weighted by Gasteiger charge is -2.11. The van der Waals surface area contributed by atoms with Crippen molar-refractivity contribution in [3.05, 3.63) is 27.1 Å². The average molecular weight is 320 g/mol. The minimum Gasteiger partial charge on any atom is -0.326 e. The molecule has 1 aromatic rings. The fraction of sp³-hybridized carbons (Fsp3) is 0.400. The summed E-state index contributed by atoms with van der Waals surface area (Å²) >= 11 is 4.83. The number of nitrogens with one attached hydrogen (secondary N) is 2. The number of aromatic amines is 1. The molecule has 1 amide bonds. The lowest BCUT2D eigenvalue weighted by molar-refractivity contribution is -0.117. The molecule has 0 aliphatic heterocycles. The Morgan fingerprint density at radius 1 is 1.71 bits per heavy atom. The molecule has 0 aliphatic rings. The summed E-state index contributed by atoms with van der Waals surface area (Å²) in [5.41, 5.74) is 5.54. The predicted molar refractivity (Wildman–Crippen MR) is 74.4 cm³/mol. The zero-order valence-corrected chi connectivity index (χ0v) is 11.7. The van der Waals surface area contributed by atoms with Crippen LogP contribution in [-0.4, -0.2) is 28.9 Å². The van der Waals surface area contributed by atoms with Crippen LogP contribution < -0.4 is 16.6 Å². The Hall–Kier alpha value is -0.790. The van der Waals surface area contributed by atoms with Crippen LogP contribution in [0.15, 0.2) is 21.5 Å². The summed E-state index contributed by atoms with van der Waals surface area (Å²) in [4.78, 5) is 25.6. The standard InChI is InChI=1S/C10H14BrN3O2S/c1-17-3-2-7(12)9(15)14-8-4-6(11)5-13-10(8)16/h4-5,7H,2-3,12H2,1H3,(H,13,16)(H,14,15)/t7-/m0/s1. The highest BCUT2D eigenvalue weighted by Gasteiger charge is 2.14. The van der Waals surface area contributed by atoms with E-state index in [2.05, 4.69) is 26.2 Å². The molecular weight excluding hydrogens is 306 g/mol. The van der Waals surface area contributed by atoms with E-state index < -0.39 is 6.04 Å². The first kappa shape index (κ1) is 14.3. The van der Waals surface area contributed by atoms with Gasteiger partial charge in [0.05, 0.1) is 6.04 Å². The molecule has 1 heterocycles. The summed E-state index contributed by atoms with van der Waals surface area (Å²) in [5.74, 6) is 0.464. The SMILES string of the molecule is CSCC[C@H](N)C(=O)Nc1cc(Br)c[nH]c1=O.